The van der Waals surface area contributed by atoms with E-state index in [1.54, 1.807) is 25.2 Å². The Balaban J connectivity index is 1.91. The molecule has 1 unspecified atom stereocenters. The lowest BCUT2D eigenvalue weighted by Crippen LogP contribution is -2.44. The summed E-state index contributed by atoms with van der Waals surface area (Å²) in [6.07, 6.45) is 1.61. The molecule has 0 aliphatic carbocycles. The molecule has 0 radical (unpaired) electrons. The highest BCUT2D eigenvalue weighted by molar-refractivity contribution is 8.03. The standard InChI is InChI=1S/C17H21N5O3S/c1-19-16(18)14(9-24)22(2)7-15(25)21-17-20-13(10-26-17)12-5-3-4-11(6-12)8-23/h3-6,8-10,17,20,24H,7H2,1-2H3,(H2,18,19)(H,21,25). The highest BCUT2D eigenvalue weighted by atomic mass is 32.2. The Morgan fingerprint density at radius 1 is 1.54 bits per heavy atom. The van der Waals surface area contributed by atoms with Gasteiger partial charge >= 0.3 is 0 Å². The van der Waals surface area contributed by atoms with Crippen LogP contribution in [-0.4, -0.2) is 54.2 Å². The summed E-state index contributed by atoms with van der Waals surface area (Å²) in [6.45, 7) is -0.00267. The molecule has 0 bridgehead atoms. The molecule has 0 saturated heterocycles. The van der Waals surface area contributed by atoms with Gasteiger partial charge in [0.05, 0.1) is 12.2 Å². The van der Waals surface area contributed by atoms with Gasteiger partial charge in [-0.1, -0.05) is 30.0 Å². The van der Waals surface area contributed by atoms with Gasteiger partial charge in [-0.15, -0.1) is 0 Å². The number of hydrogen-bond donors (Lipinski definition) is 4. The SMILES string of the molecule is CN=C(N)C(=CO)N(C)CC(=O)NC1NC(c2cccc(C=O)c2)=CS1. The minimum atomic E-state index is -0.329. The molecular weight excluding hydrogens is 354 g/mol. The Kier molecular flexibility index (Phi) is 6.67. The summed E-state index contributed by atoms with van der Waals surface area (Å²) in [6, 6.07) is 7.19. The van der Waals surface area contributed by atoms with Crippen LogP contribution in [0.4, 0.5) is 0 Å². The molecular formula is C17H21N5O3S. The van der Waals surface area contributed by atoms with Crippen LogP contribution < -0.4 is 16.4 Å². The Bertz CT molecular complexity index is 775. The van der Waals surface area contributed by atoms with Gasteiger partial charge < -0.3 is 26.4 Å². The maximum atomic E-state index is 12.2. The number of benzene rings is 1. The smallest absolute Gasteiger partial charge is 0.241 e. The van der Waals surface area contributed by atoms with Crippen molar-refractivity contribution in [3.05, 3.63) is 52.8 Å². The third-order valence-corrected chi connectivity index (χ3v) is 4.53. The van der Waals surface area contributed by atoms with Crippen LogP contribution in [0.3, 0.4) is 0 Å². The molecule has 8 nitrogen and oxygen atoms in total. The highest BCUT2D eigenvalue weighted by Gasteiger charge is 2.21. The number of carbonyl (C=O) groups is 2. The second-order valence-corrected chi connectivity index (χ2v) is 6.46. The van der Waals surface area contributed by atoms with Gasteiger partial charge in [0.25, 0.3) is 0 Å². The van der Waals surface area contributed by atoms with Crippen LogP contribution in [0, 0.1) is 0 Å². The van der Waals surface area contributed by atoms with Gasteiger partial charge in [0, 0.05) is 19.7 Å². The normalized spacial score (nSPS) is 17.3. The quantitative estimate of drug-likeness (QED) is 0.241. The molecule has 2 rings (SSSR count). The van der Waals surface area contributed by atoms with Gasteiger partial charge in [-0.2, -0.15) is 0 Å². The first-order chi connectivity index (χ1) is 12.5. The van der Waals surface area contributed by atoms with E-state index in [9.17, 15) is 14.7 Å². The molecule has 1 amide bonds. The van der Waals surface area contributed by atoms with Crippen molar-refractivity contribution in [1.82, 2.24) is 15.5 Å². The summed E-state index contributed by atoms with van der Waals surface area (Å²) in [7, 11) is 3.13. The summed E-state index contributed by atoms with van der Waals surface area (Å²) in [5.74, 6) is -0.118. The molecule has 0 saturated carbocycles. The van der Waals surface area contributed by atoms with Crippen molar-refractivity contribution in [1.29, 1.82) is 0 Å². The van der Waals surface area contributed by atoms with Crippen LogP contribution in [0.1, 0.15) is 15.9 Å². The number of aliphatic imine (C=N–C) groups is 1. The van der Waals surface area contributed by atoms with E-state index in [1.807, 2.05) is 11.5 Å². The van der Waals surface area contributed by atoms with E-state index >= 15 is 0 Å². The average molecular weight is 375 g/mol. The fourth-order valence-electron chi connectivity index (χ4n) is 2.31. The van der Waals surface area contributed by atoms with E-state index in [1.165, 1.54) is 23.7 Å². The highest BCUT2D eigenvalue weighted by Crippen LogP contribution is 2.26. The molecule has 0 aromatic heterocycles. The number of nitrogens with one attached hydrogen (secondary N) is 2. The zero-order valence-electron chi connectivity index (χ0n) is 14.5. The first kappa shape index (κ1) is 19.4. The maximum Gasteiger partial charge on any atom is 0.241 e. The summed E-state index contributed by atoms with van der Waals surface area (Å²) in [4.78, 5) is 28.4. The molecule has 1 atom stereocenters. The van der Waals surface area contributed by atoms with E-state index < -0.39 is 0 Å². The number of hydrogen-bond acceptors (Lipinski definition) is 7. The van der Waals surface area contributed by atoms with Gasteiger partial charge in [-0.05, 0) is 17.0 Å². The fourth-order valence-corrected chi connectivity index (χ4v) is 3.18. The molecule has 1 aromatic carbocycles. The summed E-state index contributed by atoms with van der Waals surface area (Å²) in [5, 5.41) is 17.2. The Hall–Kier alpha value is -2.94. The number of carbonyl (C=O) groups excluding carboxylic acids is 2. The average Bonchev–Trinajstić information content (AvgIpc) is 3.10. The molecule has 1 heterocycles. The first-order valence-corrected chi connectivity index (χ1v) is 8.68. The van der Waals surface area contributed by atoms with Crippen LogP contribution in [-0.2, 0) is 4.79 Å². The van der Waals surface area contributed by atoms with Crippen LogP contribution in [0.25, 0.3) is 5.70 Å². The fraction of sp³-hybridized carbons (Fsp3) is 0.235. The second kappa shape index (κ2) is 8.95. The number of amides is 1. The number of aliphatic hydroxyl groups is 1. The minimum absolute atomic E-state index is 0.00267. The predicted molar refractivity (Wildman–Crippen MR) is 103 cm³/mol. The third kappa shape index (κ3) is 4.79. The van der Waals surface area contributed by atoms with Crippen molar-refractivity contribution in [2.45, 2.75) is 5.50 Å². The van der Waals surface area contributed by atoms with E-state index in [2.05, 4.69) is 15.6 Å². The van der Waals surface area contributed by atoms with Gasteiger partial charge in [-0.3, -0.25) is 14.6 Å². The molecule has 138 valence electrons. The van der Waals surface area contributed by atoms with Crippen LogP contribution in [0.2, 0.25) is 0 Å². The van der Waals surface area contributed by atoms with Gasteiger partial charge in [0.15, 0.2) is 5.50 Å². The van der Waals surface area contributed by atoms with Crippen LogP contribution in [0.15, 0.2) is 46.6 Å². The zero-order valence-corrected chi connectivity index (χ0v) is 15.3. The van der Waals surface area contributed by atoms with Gasteiger partial charge in [0.1, 0.15) is 24.1 Å². The molecule has 1 aliphatic heterocycles. The molecule has 5 N–H and O–H groups in total. The summed E-state index contributed by atoms with van der Waals surface area (Å²) in [5.41, 5.74) is 7.89. The lowest BCUT2D eigenvalue weighted by molar-refractivity contribution is -0.121. The Labute approximate surface area is 155 Å². The van der Waals surface area contributed by atoms with E-state index in [4.69, 9.17) is 5.73 Å². The van der Waals surface area contributed by atoms with Gasteiger partial charge in [-0.25, -0.2) is 0 Å². The predicted octanol–water partition coefficient (Wildman–Crippen LogP) is 0.852. The van der Waals surface area contributed by atoms with Crippen molar-refractivity contribution < 1.29 is 14.7 Å². The number of aliphatic hydroxyl groups excluding tert-OH is 1. The van der Waals surface area contributed by atoms with Gasteiger partial charge in [0.2, 0.25) is 5.91 Å². The lowest BCUT2D eigenvalue weighted by atomic mass is 10.1. The maximum absolute atomic E-state index is 12.2. The van der Waals surface area contributed by atoms with Crippen molar-refractivity contribution in [2.75, 3.05) is 20.6 Å². The number of thioether (sulfide) groups is 1. The number of rotatable bonds is 7. The molecule has 1 aromatic rings. The number of amidine groups is 1. The van der Waals surface area contributed by atoms with Crippen molar-refractivity contribution in [3.8, 4) is 0 Å². The number of likely N-dealkylation sites (N-methyl/N-ethyl adjacent to an activating group) is 1. The van der Waals surface area contributed by atoms with Crippen LogP contribution >= 0.6 is 11.8 Å². The molecule has 26 heavy (non-hydrogen) atoms. The molecule has 1 aliphatic rings. The van der Waals surface area contributed by atoms with E-state index in [0.717, 1.165) is 23.8 Å². The van der Waals surface area contributed by atoms with Crippen molar-refractivity contribution in [3.63, 3.8) is 0 Å². The van der Waals surface area contributed by atoms with E-state index in [-0.39, 0.29) is 29.5 Å². The number of nitrogens with zero attached hydrogens (tertiary/aromatic N) is 2. The summed E-state index contributed by atoms with van der Waals surface area (Å²) >= 11 is 1.41. The Morgan fingerprint density at radius 3 is 2.96 bits per heavy atom. The number of nitrogens with two attached hydrogens (primary N) is 1. The minimum Gasteiger partial charge on any atom is -0.513 e. The first-order valence-electron chi connectivity index (χ1n) is 7.73. The topological polar surface area (TPSA) is 120 Å². The van der Waals surface area contributed by atoms with Crippen molar-refractivity contribution >= 4 is 35.5 Å². The van der Waals surface area contributed by atoms with E-state index in [0.29, 0.717) is 5.56 Å². The largest absolute Gasteiger partial charge is 0.513 e. The van der Waals surface area contributed by atoms with Crippen molar-refractivity contribution in [2.24, 2.45) is 10.7 Å². The third-order valence-electron chi connectivity index (χ3n) is 3.65. The zero-order chi connectivity index (χ0) is 19.1. The van der Waals surface area contributed by atoms with Crippen LogP contribution in [0.5, 0.6) is 0 Å². The molecule has 0 fully saturated rings. The summed E-state index contributed by atoms with van der Waals surface area (Å²) < 4.78 is 0. The second-order valence-electron chi connectivity index (χ2n) is 5.48. The Morgan fingerprint density at radius 2 is 2.31 bits per heavy atom. The molecule has 9 heteroatoms. The molecule has 0 spiro atoms. The monoisotopic (exact) mass is 375 g/mol. The number of aldehydes is 1. The lowest BCUT2D eigenvalue weighted by Gasteiger charge is -2.22.